The maximum Gasteiger partial charge on any atom is 0.251 e. The lowest BCUT2D eigenvalue weighted by Crippen LogP contribution is -2.30. The Morgan fingerprint density at radius 2 is 2.32 bits per heavy atom. The molecule has 1 atom stereocenters. The lowest BCUT2D eigenvalue weighted by Gasteiger charge is -2.27. The summed E-state index contributed by atoms with van der Waals surface area (Å²) >= 11 is 3.58. The number of carbonyl (C=O) groups is 1. The van der Waals surface area contributed by atoms with E-state index in [1.54, 1.807) is 0 Å². The molecule has 1 N–H and O–H groups in total. The van der Waals surface area contributed by atoms with E-state index in [9.17, 15) is 4.79 Å². The van der Waals surface area contributed by atoms with Gasteiger partial charge in [0.25, 0.3) is 5.91 Å². The number of carbonyl (C=O) groups excluding carboxylic acids is 1. The van der Waals surface area contributed by atoms with Crippen LogP contribution in [0.15, 0.2) is 28.8 Å². The van der Waals surface area contributed by atoms with Gasteiger partial charge in [-0.1, -0.05) is 35.0 Å². The minimum atomic E-state index is 0.0458. The molecule has 1 aromatic carbocycles. The molecule has 0 bridgehead atoms. The molecular weight excluding hydrogens is 304 g/mol. The molecular formula is C15H17BrN2O. The quantitative estimate of drug-likeness (QED) is 0.850. The first-order valence-corrected chi connectivity index (χ1v) is 7.41. The Hall–Kier alpha value is -1.13. The van der Waals surface area contributed by atoms with Gasteiger partial charge in [-0.05, 0) is 29.2 Å². The molecule has 0 saturated carbocycles. The lowest BCUT2D eigenvalue weighted by molar-refractivity contribution is 0.0965. The van der Waals surface area contributed by atoms with Gasteiger partial charge in [-0.3, -0.25) is 9.69 Å². The van der Waals surface area contributed by atoms with Crippen LogP contribution in [0.25, 0.3) is 0 Å². The van der Waals surface area contributed by atoms with E-state index >= 15 is 0 Å². The van der Waals surface area contributed by atoms with E-state index in [2.05, 4.69) is 51.3 Å². The molecule has 0 spiro atoms. The molecule has 0 aromatic heterocycles. The van der Waals surface area contributed by atoms with Crippen LogP contribution in [0, 0.1) is 5.92 Å². The maximum atomic E-state index is 11.8. The Morgan fingerprint density at radius 3 is 3.11 bits per heavy atom. The van der Waals surface area contributed by atoms with Crippen LogP contribution in [0.3, 0.4) is 0 Å². The highest BCUT2D eigenvalue weighted by Crippen LogP contribution is 2.27. The minimum absolute atomic E-state index is 0.0458. The molecule has 2 heterocycles. The second-order valence-electron chi connectivity index (χ2n) is 5.39. The summed E-state index contributed by atoms with van der Waals surface area (Å²) in [5.41, 5.74) is 3.11. The van der Waals surface area contributed by atoms with Gasteiger partial charge in [-0.15, -0.1) is 0 Å². The second-order valence-corrected chi connectivity index (χ2v) is 6.24. The van der Waals surface area contributed by atoms with Crippen molar-refractivity contribution in [2.75, 3.05) is 13.1 Å². The fraction of sp³-hybridized carbons (Fsp3) is 0.400. The summed E-state index contributed by atoms with van der Waals surface area (Å²) in [5.74, 6) is 0.652. The van der Waals surface area contributed by atoms with Crippen LogP contribution >= 0.6 is 15.9 Å². The number of fused-ring (bicyclic) bond motifs is 1. The number of benzene rings is 1. The van der Waals surface area contributed by atoms with Gasteiger partial charge in [-0.2, -0.15) is 0 Å². The highest BCUT2D eigenvalue weighted by Gasteiger charge is 2.22. The third kappa shape index (κ3) is 2.60. The highest BCUT2D eigenvalue weighted by molar-refractivity contribution is 9.10. The monoisotopic (exact) mass is 320 g/mol. The van der Waals surface area contributed by atoms with Crippen LogP contribution in [0.5, 0.6) is 0 Å². The molecule has 2 aliphatic rings. The average Bonchev–Trinajstić information content (AvgIpc) is 2.72. The number of rotatable bonds is 2. The van der Waals surface area contributed by atoms with E-state index in [0.29, 0.717) is 12.5 Å². The summed E-state index contributed by atoms with van der Waals surface area (Å²) in [6.07, 6.45) is 4.49. The number of amides is 1. The van der Waals surface area contributed by atoms with Gasteiger partial charge < -0.3 is 5.32 Å². The van der Waals surface area contributed by atoms with Crippen LogP contribution in [-0.2, 0) is 13.1 Å². The predicted octanol–water partition coefficient (Wildman–Crippen LogP) is 2.70. The summed E-state index contributed by atoms with van der Waals surface area (Å²) in [6, 6.07) is 4.17. The van der Waals surface area contributed by atoms with E-state index in [-0.39, 0.29) is 5.91 Å². The zero-order valence-corrected chi connectivity index (χ0v) is 12.5. The fourth-order valence-corrected chi connectivity index (χ4v) is 3.45. The molecule has 100 valence electrons. The first kappa shape index (κ1) is 12.9. The van der Waals surface area contributed by atoms with Gasteiger partial charge in [0.15, 0.2) is 0 Å². The SMILES string of the molecule is C[C@H]1C=CCN(Cc2cc(Br)c3c(c2)C(=O)NC3)C1. The molecule has 1 amide bonds. The van der Waals surface area contributed by atoms with Crippen molar-refractivity contribution in [3.63, 3.8) is 0 Å². The third-order valence-electron chi connectivity index (χ3n) is 3.71. The zero-order chi connectivity index (χ0) is 13.4. The van der Waals surface area contributed by atoms with Crippen molar-refractivity contribution in [3.05, 3.63) is 45.4 Å². The molecule has 2 aliphatic heterocycles. The summed E-state index contributed by atoms with van der Waals surface area (Å²) in [4.78, 5) is 14.2. The molecule has 0 unspecified atom stereocenters. The van der Waals surface area contributed by atoms with Gasteiger partial charge in [-0.25, -0.2) is 0 Å². The van der Waals surface area contributed by atoms with Crippen molar-refractivity contribution in [3.8, 4) is 0 Å². The number of halogens is 1. The second kappa shape index (κ2) is 5.10. The van der Waals surface area contributed by atoms with E-state index in [1.807, 2.05) is 6.07 Å². The molecule has 0 saturated heterocycles. The Balaban J connectivity index is 1.82. The first-order valence-electron chi connectivity index (χ1n) is 6.62. The molecule has 3 rings (SSSR count). The predicted molar refractivity (Wildman–Crippen MR) is 78.9 cm³/mol. The largest absolute Gasteiger partial charge is 0.348 e. The molecule has 1 aromatic rings. The standard InChI is InChI=1S/C15H17BrN2O/c1-10-3-2-4-18(8-10)9-11-5-12-13(14(16)6-11)7-17-15(12)19/h2-3,5-6,10H,4,7-9H2,1H3,(H,17,19)/t10-/m0/s1. The van der Waals surface area contributed by atoms with Crippen molar-refractivity contribution in [2.24, 2.45) is 5.92 Å². The molecule has 0 radical (unpaired) electrons. The van der Waals surface area contributed by atoms with Crippen molar-refractivity contribution in [1.82, 2.24) is 10.2 Å². The van der Waals surface area contributed by atoms with Gasteiger partial charge in [0.2, 0.25) is 0 Å². The van der Waals surface area contributed by atoms with Crippen LogP contribution in [0.4, 0.5) is 0 Å². The first-order chi connectivity index (χ1) is 9.13. The summed E-state index contributed by atoms with van der Waals surface area (Å²) < 4.78 is 1.04. The molecule has 0 fully saturated rings. The van der Waals surface area contributed by atoms with Gasteiger partial charge >= 0.3 is 0 Å². The average molecular weight is 321 g/mol. The highest BCUT2D eigenvalue weighted by atomic mass is 79.9. The number of hydrogen-bond acceptors (Lipinski definition) is 2. The van der Waals surface area contributed by atoms with Crippen LogP contribution in [-0.4, -0.2) is 23.9 Å². The maximum absolute atomic E-state index is 11.8. The van der Waals surface area contributed by atoms with Crippen molar-refractivity contribution in [2.45, 2.75) is 20.0 Å². The Kier molecular flexibility index (Phi) is 3.46. The normalized spacial score (nSPS) is 22.4. The smallest absolute Gasteiger partial charge is 0.251 e. The third-order valence-corrected chi connectivity index (χ3v) is 4.41. The van der Waals surface area contributed by atoms with Crippen molar-refractivity contribution in [1.29, 1.82) is 0 Å². The molecule has 19 heavy (non-hydrogen) atoms. The number of nitrogens with one attached hydrogen (secondary N) is 1. The van der Waals surface area contributed by atoms with Crippen LogP contribution in [0.2, 0.25) is 0 Å². The minimum Gasteiger partial charge on any atom is -0.348 e. The van der Waals surface area contributed by atoms with E-state index < -0.39 is 0 Å². The summed E-state index contributed by atoms with van der Waals surface area (Å²) in [6.45, 7) is 5.84. The fourth-order valence-electron chi connectivity index (χ4n) is 2.80. The molecule has 0 aliphatic carbocycles. The van der Waals surface area contributed by atoms with Crippen LogP contribution in [0.1, 0.15) is 28.4 Å². The Bertz CT molecular complexity index is 553. The van der Waals surface area contributed by atoms with Gasteiger partial charge in [0, 0.05) is 36.2 Å². The summed E-state index contributed by atoms with van der Waals surface area (Å²) in [7, 11) is 0. The topological polar surface area (TPSA) is 32.3 Å². The van der Waals surface area contributed by atoms with Gasteiger partial charge in [0.05, 0.1) is 0 Å². The summed E-state index contributed by atoms with van der Waals surface area (Å²) in [5, 5.41) is 2.87. The Morgan fingerprint density at radius 1 is 1.47 bits per heavy atom. The van der Waals surface area contributed by atoms with E-state index in [4.69, 9.17) is 0 Å². The zero-order valence-electron chi connectivity index (χ0n) is 10.9. The van der Waals surface area contributed by atoms with Crippen molar-refractivity contribution < 1.29 is 4.79 Å². The van der Waals surface area contributed by atoms with Crippen LogP contribution < -0.4 is 5.32 Å². The number of hydrogen-bond donors (Lipinski definition) is 1. The van der Waals surface area contributed by atoms with Gasteiger partial charge in [0.1, 0.15) is 0 Å². The molecule has 4 heteroatoms. The lowest BCUT2D eigenvalue weighted by atomic mass is 10.0. The van der Waals surface area contributed by atoms with E-state index in [0.717, 1.165) is 35.2 Å². The Labute approximate surface area is 121 Å². The number of nitrogens with zero attached hydrogens (tertiary/aromatic N) is 1. The van der Waals surface area contributed by atoms with E-state index in [1.165, 1.54) is 5.56 Å². The van der Waals surface area contributed by atoms with Crippen molar-refractivity contribution >= 4 is 21.8 Å². The molecule has 3 nitrogen and oxygen atoms in total.